The maximum atomic E-state index is 10.2. The largest absolute Gasteiger partial charge is 1.00 e. The van der Waals surface area contributed by atoms with Gasteiger partial charge in [0.05, 0.1) is 28.1 Å². The zero-order valence-electron chi connectivity index (χ0n) is 19.7. The third-order valence-electron chi connectivity index (χ3n) is 5.82. The van der Waals surface area contributed by atoms with Crippen LogP contribution in [0, 0.1) is 0 Å². The Morgan fingerprint density at radius 1 is 0.559 bits per heavy atom. The van der Waals surface area contributed by atoms with E-state index in [-0.39, 0.29) is 76.1 Å². The number of rotatable bonds is 3. The van der Waals surface area contributed by atoms with Crippen LogP contribution in [0.4, 0.5) is 0 Å². The van der Waals surface area contributed by atoms with Gasteiger partial charge in [0.2, 0.25) is 0 Å². The van der Waals surface area contributed by atoms with Gasteiger partial charge in [0.15, 0.2) is 0 Å². The molecule has 3 aromatic heterocycles. The Morgan fingerprint density at radius 3 is 2.06 bits per heavy atom. The first-order valence-electron chi connectivity index (χ1n) is 10.8. The van der Waals surface area contributed by atoms with Gasteiger partial charge in [-0.1, -0.05) is 60.7 Å². The number of fused-ring (bicyclic) bond motifs is 3. The first kappa shape index (κ1) is 23.2. The van der Waals surface area contributed by atoms with Crippen molar-refractivity contribution in [2.24, 2.45) is 0 Å². The van der Waals surface area contributed by atoms with Gasteiger partial charge >= 0.3 is 68.9 Å². The van der Waals surface area contributed by atoms with E-state index in [0.717, 1.165) is 50.0 Å². The van der Waals surface area contributed by atoms with Crippen molar-refractivity contribution in [3.05, 3.63) is 109 Å². The van der Waals surface area contributed by atoms with Gasteiger partial charge in [-0.25, -0.2) is 9.97 Å². The molecule has 0 fully saturated rings. The van der Waals surface area contributed by atoms with Crippen molar-refractivity contribution >= 4 is 21.8 Å². The molecule has 0 saturated carbocycles. The van der Waals surface area contributed by atoms with Crippen LogP contribution in [0.3, 0.4) is 0 Å². The zero-order chi connectivity index (χ0) is 22.2. The van der Waals surface area contributed by atoms with Gasteiger partial charge in [-0.05, 0) is 42.5 Å². The van der Waals surface area contributed by atoms with Crippen molar-refractivity contribution in [1.29, 1.82) is 0 Å². The third-order valence-corrected chi connectivity index (χ3v) is 5.82. The first-order valence-corrected chi connectivity index (χ1v) is 10.8. The molecule has 3 aromatic carbocycles. The molecule has 0 atom stereocenters. The summed E-state index contributed by atoms with van der Waals surface area (Å²) in [4.78, 5) is 14.3. The normalized spacial score (nSPS) is 10.8. The molecular weight excluding hydrogens is 539 g/mol. The molecule has 3 heterocycles. The van der Waals surface area contributed by atoms with Gasteiger partial charge in [0, 0.05) is 33.7 Å². The Balaban J connectivity index is 0.00000144. The summed E-state index contributed by atoms with van der Waals surface area (Å²) in [5.41, 5.74) is 6.98. The summed E-state index contributed by atoms with van der Waals surface area (Å²) in [5, 5.41) is 12.4. The Hall–Kier alpha value is -2.52. The second-order valence-electron chi connectivity index (χ2n) is 7.91. The van der Waals surface area contributed by atoms with Crippen LogP contribution >= 0.6 is 0 Å². The number of aromatic nitrogens is 3. The number of phenolic OH excluding ortho intramolecular Hbond substituents is 1. The number of para-hydroxylation sites is 1. The summed E-state index contributed by atoms with van der Waals surface area (Å²) >= 11 is 0. The van der Waals surface area contributed by atoms with E-state index in [1.54, 1.807) is 18.3 Å². The minimum absolute atomic E-state index is 0. The van der Waals surface area contributed by atoms with Gasteiger partial charge in [-0.2, -0.15) is 0 Å². The monoisotopic (exact) mass is 559 g/mol. The third kappa shape index (κ3) is 4.43. The van der Waals surface area contributed by atoms with Gasteiger partial charge in [0.1, 0.15) is 5.75 Å². The summed E-state index contributed by atoms with van der Waals surface area (Å²) in [6.07, 6.45) is 1.81. The number of hydrogen-bond acceptors (Lipinski definition) is 4. The average Bonchev–Trinajstić information content (AvgIpc) is 2.89. The second-order valence-corrected chi connectivity index (χ2v) is 7.91. The molecule has 0 bridgehead atoms. The van der Waals surface area contributed by atoms with Crippen molar-refractivity contribution in [2.75, 3.05) is 0 Å². The molecule has 1 N–H and O–H groups in total. The summed E-state index contributed by atoms with van der Waals surface area (Å²) in [6, 6.07) is 33.6. The predicted molar refractivity (Wildman–Crippen MR) is 134 cm³/mol. The van der Waals surface area contributed by atoms with Crippen molar-refractivity contribution in [3.63, 3.8) is 0 Å². The van der Waals surface area contributed by atoms with Gasteiger partial charge in [-0.15, -0.1) is 0 Å². The number of nitrogens with zero attached hydrogens (tertiary/aromatic N) is 3. The fourth-order valence-corrected chi connectivity index (χ4v) is 4.16. The molecule has 0 aliphatic heterocycles. The molecule has 0 saturated heterocycles. The van der Waals surface area contributed by atoms with E-state index in [4.69, 9.17) is 9.97 Å². The average molecular weight is 559 g/mol. The van der Waals surface area contributed by atoms with Crippen LogP contribution in [0.5, 0.6) is 5.75 Å². The van der Waals surface area contributed by atoms with Crippen molar-refractivity contribution in [3.8, 4) is 39.5 Å². The zero-order valence-corrected chi connectivity index (χ0v) is 25.0. The summed E-state index contributed by atoms with van der Waals surface area (Å²) < 4.78 is 0. The Bertz CT molecular complexity index is 1650. The maximum Gasteiger partial charge on any atom is 1.00 e. The molecule has 0 aliphatic rings. The minimum Gasteiger partial charge on any atom is -1.00 e. The number of aromatic hydroxyl groups is 1. The van der Waals surface area contributed by atoms with E-state index in [1.165, 1.54) is 0 Å². The van der Waals surface area contributed by atoms with Crippen molar-refractivity contribution < 1.29 is 75.4 Å². The van der Waals surface area contributed by atoms with Gasteiger partial charge < -0.3 is 6.53 Å². The Morgan fingerprint density at radius 2 is 1.24 bits per heavy atom. The van der Waals surface area contributed by atoms with E-state index in [2.05, 4.69) is 41.4 Å². The molecule has 158 valence electrons. The molecule has 34 heavy (non-hydrogen) atoms. The molecule has 0 unspecified atom stereocenters. The van der Waals surface area contributed by atoms with E-state index in [1.807, 2.05) is 54.6 Å². The van der Waals surface area contributed by atoms with Crippen LogP contribution in [0.25, 0.3) is 55.6 Å². The standard InChI is InChI=1S/C29H19N3O.Cs.H/c33-27-12-2-1-9-23(27)26-11-4-10-24(31-26)21-6-3-7-22(18-21)25-16-15-20-14-13-19-8-5-17-30-28(19)29(20)32-25;;/h1-18,33H;;/q;+1;-1. The number of benzene rings is 3. The maximum absolute atomic E-state index is 10.2. The van der Waals surface area contributed by atoms with Gasteiger partial charge in [-0.3, -0.25) is 4.98 Å². The van der Waals surface area contributed by atoms with E-state index >= 15 is 0 Å². The molecule has 0 aliphatic carbocycles. The summed E-state index contributed by atoms with van der Waals surface area (Å²) in [7, 11) is 0. The second kappa shape index (κ2) is 10.00. The van der Waals surface area contributed by atoms with Crippen LogP contribution in [0.1, 0.15) is 1.43 Å². The number of pyridine rings is 3. The summed E-state index contributed by atoms with van der Waals surface area (Å²) in [6.45, 7) is 0. The molecule has 6 rings (SSSR count). The SMILES string of the molecule is Oc1ccccc1-c1cccc(-c2cccc(-c3ccc4ccc5cccnc5c4n3)c2)n1.[Cs+].[H-]. The number of phenols is 1. The topological polar surface area (TPSA) is 58.9 Å². The predicted octanol–water partition coefficient (Wildman–Crippen LogP) is 4.00. The summed E-state index contributed by atoms with van der Waals surface area (Å²) in [5.74, 6) is 0.220. The van der Waals surface area contributed by atoms with Crippen LogP contribution in [0.15, 0.2) is 109 Å². The molecule has 5 heteroatoms. The van der Waals surface area contributed by atoms with Crippen LogP contribution in [0.2, 0.25) is 0 Å². The fourth-order valence-electron chi connectivity index (χ4n) is 4.16. The molecule has 4 nitrogen and oxygen atoms in total. The smallest absolute Gasteiger partial charge is 1.00 e. The van der Waals surface area contributed by atoms with E-state index < -0.39 is 0 Å². The first-order chi connectivity index (χ1) is 16.3. The minimum atomic E-state index is 0. The molecular formula is C29H20CsN3O. The van der Waals surface area contributed by atoms with E-state index in [9.17, 15) is 5.11 Å². The van der Waals surface area contributed by atoms with Crippen molar-refractivity contribution in [1.82, 2.24) is 15.0 Å². The quantitative estimate of drug-likeness (QED) is 0.333. The van der Waals surface area contributed by atoms with E-state index in [0.29, 0.717) is 5.56 Å². The molecule has 0 amide bonds. The molecule has 0 radical (unpaired) electrons. The fraction of sp³-hybridized carbons (Fsp3) is 0. The van der Waals surface area contributed by atoms with Crippen molar-refractivity contribution in [2.45, 2.75) is 0 Å². The van der Waals surface area contributed by atoms with Gasteiger partial charge in [0.25, 0.3) is 0 Å². The Labute approximate surface area is 257 Å². The van der Waals surface area contributed by atoms with Crippen LogP contribution in [-0.4, -0.2) is 20.1 Å². The molecule has 0 spiro atoms. The molecule has 6 aromatic rings. The van der Waals surface area contributed by atoms with Crippen LogP contribution in [-0.2, 0) is 0 Å². The Kier molecular flexibility index (Phi) is 6.83. The number of hydrogen-bond donors (Lipinski definition) is 1. The van der Waals surface area contributed by atoms with Crippen LogP contribution < -0.4 is 68.9 Å².